The summed E-state index contributed by atoms with van der Waals surface area (Å²) in [5.41, 5.74) is 0.741. The quantitative estimate of drug-likeness (QED) is 0.737. The Morgan fingerprint density at radius 3 is 2.97 bits per heavy atom. The standard InChI is InChI=1S/C23H29N3O3S/c1-17-23(28)26(20-8-2-3-9-21(20)29-17)12-10-22(27)24-14-18-6-4-11-25(15-18)16-19-7-5-13-30-19/h2-3,5,7-9,13,17-18H,4,6,10-12,14-16H2,1H3,(H,24,27). The second kappa shape index (κ2) is 9.62. The maximum absolute atomic E-state index is 12.5. The number of benzene rings is 1. The fourth-order valence-electron chi connectivity index (χ4n) is 4.23. The van der Waals surface area contributed by atoms with Crippen molar-refractivity contribution in [3.05, 3.63) is 46.7 Å². The third kappa shape index (κ3) is 5.02. The number of carbonyl (C=O) groups is 2. The number of likely N-dealkylation sites (tertiary alicyclic amines) is 1. The van der Waals surface area contributed by atoms with Gasteiger partial charge < -0.3 is 15.0 Å². The number of nitrogens with one attached hydrogen (secondary N) is 1. The molecule has 160 valence electrons. The van der Waals surface area contributed by atoms with E-state index < -0.39 is 6.10 Å². The summed E-state index contributed by atoms with van der Waals surface area (Å²) in [4.78, 5) is 30.6. The second-order valence-corrected chi connectivity index (χ2v) is 9.13. The largest absolute Gasteiger partial charge is 0.479 e. The smallest absolute Gasteiger partial charge is 0.267 e. The van der Waals surface area contributed by atoms with Gasteiger partial charge in [-0.2, -0.15) is 0 Å². The van der Waals surface area contributed by atoms with Crippen LogP contribution in [0.15, 0.2) is 41.8 Å². The normalized spacial score (nSPS) is 21.8. The highest BCUT2D eigenvalue weighted by Crippen LogP contribution is 2.33. The minimum absolute atomic E-state index is 0.00481. The molecule has 4 rings (SSSR count). The summed E-state index contributed by atoms with van der Waals surface area (Å²) < 4.78 is 5.66. The Hall–Kier alpha value is -2.38. The number of fused-ring (bicyclic) bond motifs is 1. The van der Waals surface area contributed by atoms with Gasteiger partial charge in [-0.05, 0) is 55.8 Å². The number of hydrogen-bond acceptors (Lipinski definition) is 5. The van der Waals surface area contributed by atoms with Crippen LogP contribution in [0.5, 0.6) is 5.75 Å². The molecule has 0 spiro atoms. The third-order valence-corrected chi connectivity index (χ3v) is 6.65. The summed E-state index contributed by atoms with van der Waals surface area (Å²) in [6.45, 7) is 5.95. The van der Waals surface area contributed by atoms with E-state index in [1.165, 1.54) is 11.3 Å². The van der Waals surface area contributed by atoms with E-state index in [1.807, 2.05) is 24.3 Å². The first kappa shape index (κ1) is 20.9. The molecule has 6 nitrogen and oxygen atoms in total. The van der Waals surface area contributed by atoms with Crippen LogP contribution in [0, 0.1) is 5.92 Å². The predicted molar refractivity (Wildman–Crippen MR) is 119 cm³/mol. The van der Waals surface area contributed by atoms with Gasteiger partial charge >= 0.3 is 0 Å². The molecule has 2 aromatic rings. The zero-order valence-electron chi connectivity index (χ0n) is 17.4. The fourth-order valence-corrected chi connectivity index (χ4v) is 4.98. The first-order valence-electron chi connectivity index (χ1n) is 10.7. The molecule has 1 saturated heterocycles. The molecule has 0 radical (unpaired) electrons. The van der Waals surface area contributed by atoms with Crippen LogP contribution in [0.4, 0.5) is 5.69 Å². The number of ether oxygens (including phenoxy) is 1. The second-order valence-electron chi connectivity index (χ2n) is 8.09. The molecule has 0 saturated carbocycles. The highest BCUT2D eigenvalue weighted by Gasteiger charge is 2.31. The zero-order chi connectivity index (χ0) is 20.9. The van der Waals surface area contributed by atoms with Crippen LogP contribution in [0.25, 0.3) is 0 Å². The third-order valence-electron chi connectivity index (χ3n) is 5.79. The van der Waals surface area contributed by atoms with Crippen molar-refractivity contribution in [3.63, 3.8) is 0 Å². The zero-order valence-corrected chi connectivity index (χ0v) is 18.2. The molecule has 2 unspecified atom stereocenters. The van der Waals surface area contributed by atoms with Crippen molar-refractivity contribution in [1.82, 2.24) is 10.2 Å². The summed E-state index contributed by atoms with van der Waals surface area (Å²) in [7, 11) is 0. The van der Waals surface area contributed by atoms with Crippen molar-refractivity contribution in [2.45, 2.75) is 38.8 Å². The minimum Gasteiger partial charge on any atom is -0.479 e. The lowest BCUT2D eigenvalue weighted by Gasteiger charge is -2.33. The van der Waals surface area contributed by atoms with Crippen LogP contribution in [0.2, 0.25) is 0 Å². The van der Waals surface area contributed by atoms with Gasteiger partial charge in [-0.1, -0.05) is 18.2 Å². The van der Waals surface area contributed by atoms with E-state index in [4.69, 9.17) is 4.74 Å². The summed E-state index contributed by atoms with van der Waals surface area (Å²) in [5, 5.41) is 5.21. The highest BCUT2D eigenvalue weighted by atomic mass is 32.1. The van der Waals surface area contributed by atoms with E-state index >= 15 is 0 Å². The van der Waals surface area contributed by atoms with Gasteiger partial charge in [-0.15, -0.1) is 11.3 Å². The predicted octanol–water partition coefficient (Wildman–Crippen LogP) is 3.28. The highest BCUT2D eigenvalue weighted by molar-refractivity contribution is 7.09. The Kier molecular flexibility index (Phi) is 6.69. The van der Waals surface area contributed by atoms with Gasteiger partial charge in [0.2, 0.25) is 5.91 Å². The molecule has 2 amide bonds. The van der Waals surface area contributed by atoms with Crippen LogP contribution >= 0.6 is 11.3 Å². The SMILES string of the molecule is CC1Oc2ccccc2N(CCC(=O)NCC2CCCN(Cc3cccs3)C2)C1=O. The lowest BCUT2D eigenvalue weighted by molar-refractivity contribution is -0.125. The van der Waals surface area contributed by atoms with Gasteiger partial charge in [0, 0.05) is 37.5 Å². The molecule has 3 heterocycles. The van der Waals surface area contributed by atoms with Crippen LogP contribution in [-0.4, -0.2) is 49.0 Å². The summed E-state index contributed by atoms with van der Waals surface area (Å²) in [5.74, 6) is 1.07. The molecule has 2 aliphatic heterocycles. The molecule has 1 aromatic heterocycles. The number of hydrogen-bond donors (Lipinski definition) is 1. The number of amides is 2. The van der Waals surface area contributed by atoms with Crippen LogP contribution < -0.4 is 15.0 Å². The molecule has 0 aliphatic carbocycles. The van der Waals surface area contributed by atoms with Crippen molar-refractivity contribution in [2.75, 3.05) is 31.1 Å². The van der Waals surface area contributed by atoms with E-state index in [0.717, 1.165) is 31.7 Å². The summed E-state index contributed by atoms with van der Waals surface area (Å²) >= 11 is 1.80. The van der Waals surface area contributed by atoms with Gasteiger partial charge in [0.1, 0.15) is 5.75 Å². The van der Waals surface area contributed by atoms with Gasteiger partial charge in [0.15, 0.2) is 6.10 Å². The van der Waals surface area contributed by atoms with Crippen molar-refractivity contribution in [2.24, 2.45) is 5.92 Å². The Morgan fingerprint density at radius 2 is 2.13 bits per heavy atom. The van der Waals surface area contributed by atoms with Gasteiger partial charge in [-0.3, -0.25) is 14.5 Å². The lowest BCUT2D eigenvalue weighted by atomic mass is 9.98. The Labute approximate surface area is 181 Å². The molecular formula is C23H29N3O3S. The monoisotopic (exact) mass is 427 g/mol. The molecule has 1 aromatic carbocycles. The number of anilines is 1. The van der Waals surface area contributed by atoms with Crippen LogP contribution in [0.1, 0.15) is 31.1 Å². The maximum Gasteiger partial charge on any atom is 0.267 e. The molecular weight excluding hydrogens is 398 g/mol. The molecule has 1 N–H and O–H groups in total. The van der Waals surface area contributed by atoms with E-state index in [-0.39, 0.29) is 11.8 Å². The number of nitrogens with zero attached hydrogens (tertiary/aromatic N) is 2. The molecule has 2 atom stereocenters. The molecule has 7 heteroatoms. The van der Waals surface area contributed by atoms with Crippen molar-refractivity contribution in [3.8, 4) is 5.75 Å². The first-order chi connectivity index (χ1) is 14.6. The number of carbonyl (C=O) groups excluding carboxylic acids is 2. The molecule has 0 bridgehead atoms. The van der Waals surface area contributed by atoms with Crippen LogP contribution in [0.3, 0.4) is 0 Å². The van der Waals surface area contributed by atoms with E-state index in [9.17, 15) is 9.59 Å². The Bertz CT molecular complexity index is 870. The Balaban J connectivity index is 1.25. The van der Waals surface area contributed by atoms with E-state index in [1.54, 1.807) is 23.2 Å². The maximum atomic E-state index is 12.5. The van der Waals surface area contributed by atoms with Crippen molar-refractivity contribution >= 4 is 28.8 Å². The van der Waals surface area contributed by atoms with Crippen molar-refractivity contribution in [1.29, 1.82) is 0 Å². The summed E-state index contributed by atoms with van der Waals surface area (Å²) in [6, 6.07) is 11.8. The van der Waals surface area contributed by atoms with Crippen molar-refractivity contribution < 1.29 is 14.3 Å². The van der Waals surface area contributed by atoms with Gasteiger partial charge in [0.25, 0.3) is 5.91 Å². The lowest BCUT2D eigenvalue weighted by Crippen LogP contribution is -2.46. The number of piperidine rings is 1. The van der Waals surface area contributed by atoms with Crippen LogP contribution in [-0.2, 0) is 16.1 Å². The van der Waals surface area contributed by atoms with Gasteiger partial charge in [0.05, 0.1) is 5.69 Å². The molecule has 2 aliphatic rings. The minimum atomic E-state index is -0.528. The Morgan fingerprint density at radius 1 is 1.27 bits per heavy atom. The fraction of sp³-hybridized carbons (Fsp3) is 0.478. The molecule has 30 heavy (non-hydrogen) atoms. The first-order valence-corrected chi connectivity index (χ1v) is 11.6. The average molecular weight is 428 g/mol. The number of rotatable bonds is 7. The topological polar surface area (TPSA) is 61.9 Å². The van der Waals surface area contributed by atoms with E-state index in [0.29, 0.717) is 31.2 Å². The average Bonchev–Trinajstić information content (AvgIpc) is 3.26. The summed E-state index contributed by atoms with van der Waals surface area (Å²) in [6.07, 6.45) is 2.08. The number of para-hydroxylation sites is 2. The molecule has 1 fully saturated rings. The van der Waals surface area contributed by atoms with Gasteiger partial charge in [-0.25, -0.2) is 0 Å². The van der Waals surface area contributed by atoms with E-state index in [2.05, 4.69) is 27.7 Å². The number of thiophene rings is 1.